The second-order valence-corrected chi connectivity index (χ2v) is 8.16. The largest absolute Gasteiger partial charge is 0.355 e. The molecule has 8 nitrogen and oxygen atoms in total. The number of carbonyl (C=O) groups excluding carboxylic acids is 3. The van der Waals surface area contributed by atoms with Gasteiger partial charge in [0.25, 0.3) is 17.7 Å². The van der Waals surface area contributed by atoms with Gasteiger partial charge in [-0.2, -0.15) is 5.26 Å². The summed E-state index contributed by atoms with van der Waals surface area (Å²) in [7, 11) is 1.55. The summed E-state index contributed by atoms with van der Waals surface area (Å²) in [6.07, 6.45) is 0.745. The summed E-state index contributed by atoms with van der Waals surface area (Å²) in [6, 6.07) is 14.3. The third-order valence-electron chi connectivity index (χ3n) is 5.83. The highest BCUT2D eigenvalue weighted by molar-refractivity contribution is 6.07. The van der Waals surface area contributed by atoms with Crippen molar-refractivity contribution in [3.05, 3.63) is 65.9 Å². The highest BCUT2D eigenvalue weighted by Gasteiger charge is 2.47. The second-order valence-electron chi connectivity index (χ2n) is 8.16. The Bertz CT molecular complexity index is 1350. The monoisotopic (exact) mass is 477 g/mol. The summed E-state index contributed by atoms with van der Waals surface area (Å²) in [6.45, 7) is -1.36. The minimum Gasteiger partial charge on any atom is -0.355 e. The first-order valence-electron chi connectivity index (χ1n) is 10.8. The van der Waals surface area contributed by atoms with Crippen LogP contribution in [-0.2, 0) is 4.79 Å². The maximum absolute atomic E-state index is 13.6. The molecule has 10 heteroatoms. The second kappa shape index (κ2) is 9.46. The summed E-state index contributed by atoms with van der Waals surface area (Å²) in [5.41, 5.74) is 2.93. The van der Waals surface area contributed by atoms with Gasteiger partial charge < -0.3 is 15.5 Å². The molecule has 3 aromatic rings. The molecule has 0 bridgehead atoms. The number of rotatable bonds is 5. The average Bonchev–Trinajstić information content (AvgIpc) is 3.20. The number of pyridine rings is 1. The first-order valence-corrected chi connectivity index (χ1v) is 10.8. The first kappa shape index (κ1) is 23.8. The lowest BCUT2D eigenvalue weighted by molar-refractivity contribution is -0.131. The molecule has 1 unspecified atom stereocenters. The molecule has 0 spiro atoms. The summed E-state index contributed by atoms with van der Waals surface area (Å²) in [5.74, 6) is -4.66. The van der Waals surface area contributed by atoms with Gasteiger partial charge in [0, 0.05) is 30.6 Å². The van der Waals surface area contributed by atoms with Crippen LogP contribution < -0.4 is 10.6 Å². The van der Waals surface area contributed by atoms with Gasteiger partial charge in [-0.3, -0.25) is 19.4 Å². The molecule has 178 valence electrons. The van der Waals surface area contributed by atoms with Crippen LogP contribution in [0.4, 0.5) is 8.78 Å². The van der Waals surface area contributed by atoms with E-state index in [2.05, 4.69) is 15.6 Å². The fourth-order valence-electron chi connectivity index (χ4n) is 4.03. The number of hydrogen-bond acceptors (Lipinski definition) is 5. The number of alkyl halides is 2. The normalized spacial score (nSPS) is 16.5. The zero-order valence-electron chi connectivity index (χ0n) is 18.7. The molecule has 2 heterocycles. The summed E-state index contributed by atoms with van der Waals surface area (Å²) in [4.78, 5) is 42.2. The SMILES string of the molecule is CNC(=O)c1ccc(-c2ccc3nccc(C(=O)NCC(=O)N4CC(F)(F)CC4C#N)c3c2)cc1. The van der Waals surface area contributed by atoms with Gasteiger partial charge in [0.1, 0.15) is 6.04 Å². The number of carbonyl (C=O) groups is 3. The fraction of sp³-hybridized carbons (Fsp3) is 0.240. The molecular formula is C25H21F2N5O3. The van der Waals surface area contributed by atoms with Gasteiger partial charge >= 0.3 is 0 Å². The molecule has 1 aliphatic rings. The van der Waals surface area contributed by atoms with Crippen molar-refractivity contribution >= 4 is 28.6 Å². The molecule has 0 saturated carbocycles. The molecule has 0 radical (unpaired) electrons. The lowest BCUT2D eigenvalue weighted by atomic mass is 9.99. The molecule has 4 rings (SSSR count). The lowest BCUT2D eigenvalue weighted by Gasteiger charge is -2.19. The van der Waals surface area contributed by atoms with Crippen LogP contribution in [-0.4, -0.2) is 59.7 Å². The van der Waals surface area contributed by atoms with Crippen molar-refractivity contribution in [2.75, 3.05) is 20.1 Å². The lowest BCUT2D eigenvalue weighted by Crippen LogP contribution is -2.43. The molecule has 1 aliphatic heterocycles. The van der Waals surface area contributed by atoms with Crippen LogP contribution in [0.5, 0.6) is 0 Å². The number of fused-ring (bicyclic) bond motifs is 1. The van der Waals surface area contributed by atoms with Crippen LogP contribution in [0.1, 0.15) is 27.1 Å². The van der Waals surface area contributed by atoms with Crippen LogP contribution in [0.15, 0.2) is 54.7 Å². The Balaban J connectivity index is 1.54. The van der Waals surface area contributed by atoms with Crippen molar-refractivity contribution < 1.29 is 23.2 Å². The van der Waals surface area contributed by atoms with Crippen molar-refractivity contribution in [2.45, 2.75) is 18.4 Å². The van der Waals surface area contributed by atoms with Gasteiger partial charge in [0.2, 0.25) is 5.91 Å². The van der Waals surface area contributed by atoms with Gasteiger partial charge in [-0.25, -0.2) is 8.78 Å². The minimum atomic E-state index is -3.13. The maximum atomic E-state index is 13.6. The number of aromatic nitrogens is 1. The molecule has 2 N–H and O–H groups in total. The highest BCUT2D eigenvalue weighted by atomic mass is 19.3. The smallest absolute Gasteiger partial charge is 0.268 e. The highest BCUT2D eigenvalue weighted by Crippen LogP contribution is 2.31. The van der Waals surface area contributed by atoms with Crippen molar-refractivity contribution in [1.29, 1.82) is 5.26 Å². The molecular weight excluding hydrogens is 456 g/mol. The number of nitrogens with one attached hydrogen (secondary N) is 2. The molecule has 35 heavy (non-hydrogen) atoms. The van der Waals surface area contributed by atoms with Gasteiger partial charge in [-0.1, -0.05) is 18.2 Å². The molecule has 1 atom stereocenters. The van der Waals surface area contributed by atoms with Crippen molar-refractivity contribution in [3.8, 4) is 17.2 Å². The Morgan fingerprint density at radius 2 is 1.83 bits per heavy atom. The Labute approximate surface area is 199 Å². The van der Waals surface area contributed by atoms with Crippen molar-refractivity contribution in [3.63, 3.8) is 0 Å². The van der Waals surface area contributed by atoms with E-state index >= 15 is 0 Å². The zero-order chi connectivity index (χ0) is 25.2. The van der Waals surface area contributed by atoms with E-state index < -0.39 is 43.3 Å². The third-order valence-corrected chi connectivity index (χ3v) is 5.83. The zero-order valence-corrected chi connectivity index (χ0v) is 18.7. The van der Waals surface area contributed by atoms with Gasteiger partial charge in [-0.05, 0) is 41.5 Å². The topological polar surface area (TPSA) is 115 Å². The van der Waals surface area contributed by atoms with E-state index in [4.69, 9.17) is 5.26 Å². The van der Waals surface area contributed by atoms with Crippen LogP contribution in [0.3, 0.4) is 0 Å². The summed E-state index contributed by atoms with van der Waals surface area (Å²) in [5, 5.41) is 14.6. The molecule has 3 amide bonds. The molecule has 1 aromatic heterocycles. The molecule has 1 saturated heterocycles. The quantitative estimate of drug-likeness (QED) is 0.587. The Morgan fingerprint density at radius 1 is 1.11 bits per heavy atom. The Hall–Kier alpha value is -4.39. The fourth-order valence-corrected chi connectivity index (χ4v) is 4.03. The average molecular weight is 477 g/mol. The Kier molecular flexibility index (Phi) is 6.42. The number of likely N-dealkylation sites (tertiary alicyclic amines) is 1. The van der Waals surface area contributed by atoms with E-state index in [0.29, 0.717) is 16.5 Å². The van der Waals surface area contributed by atoms with Crippen LogP contribution >= 0.6 is 0 Å². The van der Waals surface area contributed by atoms with Gasteiger partial charge in [0.15, 0.2) is 0 Å². The van der Waals surface area contributed by atoms with E-state index in [0.717, 1.165) is 16.0 Å². The molecule has 2 aromatic carbocycles. The predicted octanol–water partition coefficient (Wildman–Crippen LogP) is 2.75. The Morgan fingerprint density at radius 3 is 2.51 bits per heavy atom. The number of amides is 3. The van der Waals surface area contributed by atoms with Crippen LogP contribution in [0.25, 0.3) is 22.0 Å². The number of benzene rings is 2. The minimum absolute atomic E-state index is 0.202. The standard InChI is InChI=1S/C25H21F2N5O3/c1-29-23(34)16-4-2-15(3-5-16)17-6-7-21-20(10-17)19(8-9-30-21)24(35)31-13-22(33)32-14-25(26,27)11-18(32)12-28/h2-10,18H,11,13-14H2,1H3,(H,29,34)(H,31,35). The maximum Gasteiger partial charge on any atom is 0.268 e. The number of nitrogens with zero attached hydrogens (tertiary/aromatic N) is 3. The van der Waals surface area contributed by atoms with Gasteiger partial charge in [0.05, 0.1) is 30.2 Å². The van der Waals surface area contributed by atoms with Crippen LogP contribution in [0, 0.1) is 11.3 Å². The number of nitriles is 1. The number of halogens is 2. The van der Waals surface area contributed by atoms with Crippen molar-refractivity contribution in [2.24, 2.45) is 0 Å². The van der Waals surface area contributed by atoms with Crippen molar-refractivity contribution in [1.82, 2.24) is 20.5 Å². The third kappa shape index (κ3) is 4.94. The summed E-state index contributed by atoms with van der Waals surface area (Å²) >= 11 is 0. The van der Waals surface area contributed by atoms with E-state index in [1.807, 2.05) is 6.07 Å². The molecule has 0 aliphatic carbocycles. The first-order chi connectivity index (χ1) is 16.7. The molecule has 1 fully saturated rings. The van der Waals surface area contributed by atoms with E-state index in [1.165, 1.54) is 12.3 Å². The van der Waals surface area contributed by atoms with E-state index in [-0.39, 0.29) is 11.5 Å². The number of hydrogen-bond donors (Lipinski definition) is 2. The van der Waals surface area contributed by atoms with E-state index in [9.17, 15) is 23.2 Å². The van der Waals surface area contributed by atoms with E-state index in [1.54, 1.807) is 49.5 Å². The van der Waals surface area contributed by atoms with Gasteiger partial charge in [-0.15, -0.1) is 0 Å². The summed E-state index contributed by atoms with van der Waals surface area (Å²) < 4.78 is 27.3. The predicted molar refractivity (Wildman–Crippen MR) is 124 cm³/mol. The van der Waals surface area contributed by atoms with Crippen LogP contribution in [0.2, 0.25) is 0 Å².